The molecular formula is C25H20ClFN4O3. The van der Waals surface area contributed by atoms with Gasteiger partial charge in [-0.3, -0.25) is 14.6 Å². The zero-order valence-electron chi connectivity index (χ0n) is 18.1. The molecule has 2 aromatic carbocycles. The van der Waals surface area contributed by atoms with Gasteiger partial charge in [0.25, 0.3) is 0 Å². The van der Waals surface area contributed by atoms with Gasteiger partial charge in [0.15, 0.2) is 17.8 Å². The van der Waals surface area contributed by atoms with Gasteiger partial charge in [0.05, 0.1) is 17.8 Å². The third-order valence-corrected chi connectivity index (χ3v) is 6.67. The predicted octanol–water partition coefficient (Wildman–Crippen LogP) is 4.93. The smallest absolute Gasteiger partial charge is 0.239 e. The normalized spacial score (nSPS) is 17.6. The van der Waals surface area contributed by atoms with E-state index >= 15 is 0 Å². The fourth-order valence-electron chi connectivity index (χ4n) is 4.48. The molecule has 0 spiro atoms. The molecule has 34 heavy (non-hydrogen) atoms. The number of ketones is 1. The van der Waals surface area contributed by atoms with Crippen LogP contribution in [0.4, 0.5) is 10.1 Å². The van der Waals surface area contributed by atoms with Gasteiger partial charge in [-0.2, -0.15) is 5.10 Å². The molecule has 6 rings (SSSR count). The number of nitrogens with one attached hydrogen (secondary N) is 1. The Kier molecular flexibility index (Phi) is 5.08. The molecule has 1 atom stereocenters. The molecule has 1 saturated heterocycles. The monoisotopic (exact) mass is 478 g/mol. The Bertz CT molecular complexity index is 1480. The Labute approximate surface area is 198 Å². The average molecular weight is 479 g/mol. The number of ether oxygens (including phenoxy) is 1. The van der Waals surface area contributed by atoms with E-state index in [0.29, 0.717) is 40.1 Å². The number of rotatable bonds is 6. The van der Waals surface area contributed by atoms with Crippen molar-refractivity contribution in [2.45, 2.75) is 31.4 Å². The van der Waals surface area contributed by atoms with Crippen LogP contribution in [0.3, 0.4) is 0 Å². The molecule has 1 saturated carbocycles. The van der Waals surface area contributed by atoms with Crippen LogP contribution in [-0.2, 0) is 9.53 Å². The highest BCUT2D eigenvalue weighted by Gasteiger charge is 2.31. The van der Waals surface area contributed by atoms with Crippen molar-refractivity contribution >= 4 is 50.8 Å². The lowest BCUT2D eigenvalue weighted by Crippen LogP contribution is -2.24. The van der Waals surface area contributed by atoms with Crippen LogP contribution < -0.4 is 5.32 Å². The maximum Gasteiger partial charge on any atom is 0.239 e. The van der Waals surface area contributed by atoms with Crippen molar-refractivity contribution in [2.75, 3.05) is 17.8 Å². The van der Waals surface area contributed by atoms with E-state index < -0.39 is 11.7 Å². The first-order chi connectivity index (χ1) is 16.5. The van der Waals surface area contributed by atoms with E-state index in [0.717, 1.165) is 30.3 Å². The number of amides is 1. The van der Waals surface area contributed by atoms with Crippen LogP contribution in [0, 0.1) is 5.82 Å². The summed E-state index contributed by atoms with van der Waals surface area (Å²) in [7, 11) is 0. The van der Waals surface area contributed by atoms with Crippen molar-refractivity contribution in [1.29, 1.82) is 0 Å². The third kappa shape index (κ3) is 3.45. The molecule has 2 fully saturated rings. The summed E-state index contributed by atoms with van der Waals surface area (Å²) in [4.78, 5) is 30.8. The highest BCUT2D eigenvalue weighted by atomic mass is 35.5. The van der Waals surface area contributed by atoms with E-state index in [2.05, 4.69) is 15.4 Å². The van der Waals surface area contributed by atoms with Crippen molar-refractivity contribution in [3.8, 4) is 0 Å². The molecule has 3 heterocycles. The lowest BCUT2D eigenvalue weighted by Gasteiger charge is -2.26. The summed E-state index contributed by atoms with van der Waals surface area (Å²) >= 11 is 5.76. The van der Waals surface area contributed by atoms with E-state index in [4.69, 9.17) is 16.3 Å². The summed E-state index contributed by atoms with van der Waals surface area (Å²) < 4.78 is 21.6. The molecule has 1 amide bonds. The number of fused-ring (bicyclic) bond motifs is 2. The Morgan fingerprint density at radius 1 is 1.15 bits per heavy atom. The number of anilines is 1. The molecule has 1 aliphatic carbocycles. The molecule has 7 nitrogen and oxygen atoms in total. The van der Waals surface area contributed by atoms with Gasteiger partial charge in [-0.25, -0.2) is 9.07 Å². The van der Waals surface area contributed by atoms with E-state index in [1.54, 1.807) is 23.1 Å². The average Bonchev–Trinajstić information content (AvgIpc) is 3.56. The van der Waals surface area contributed by atoms with Crippen LogP contribution in [0.15, 0.2) is 42.7 Å². The summed E-state index contributed by atoms with van der Waals surface area (Å²) in [6.45, 7) is 0.619. The van der Waals surface area contributed by atoms with Crippen LogP contribution in [0.5, 0.6) is 0 Å². The van der Waals surface area contributed by atoms with Gasteiger partial charge in [0.2, 0.25) is 5.91 Å². The van der Waals surface area contributed by atoms with Gasteiger partial charge in [0, 0.05) is 40.7 Å². The summed E-state index contributed by atoms with van der Waals surface area (Å²) in [5.41, 5.74) is 2.81. The van der Waals surface area contributed by atoms with Crippen LogP contribution in [-0.4, -0.2) is 38.9 Å². The number of carbonyl (C=O) groups excluding carboxylic acids is 2. The first-order valence-electron chi connectivity index (χ1n) is 11.2. The van der Waals surface area contributed by atoms with Crippen molar-refractivity contribution in [2.24, 2.45) is 0 Å². The van der Waals surface area contributed by atoms with Crippen LogP contribution in [0.1, 0.15) is 52.9 Å². The summed E-state index contributed by atoms with van der Waals surface area (Å²) in [6.07, 6.45) is 5.89. The lowest BCUT2D eigenvalue weighted by atomic mass is 9.93. The number of carbonyl (C=O) groups is 2. The number of nitrogens with zero attached hydrogens (tertiary/aromatic N) is 3. The molecule has 2 aromatic heterocycles. The number of hydrogen-bond acceptors (Lipinski definition) is 5. The second kappa shape index (κ2) is 8.14. The fourth-order valence-corrected chi connectivity index (χ4v) is 4.55. The Morgan fingerprint density at radius 3 is 2.68 bits per heavy atom. The third-order valence-electron chi connectivity index (χ3n) is 6.43. The van der Waals surface area contributed by atoms with Gasteiger partial charge >= 0.3 is 0 Å². The molecule has 2 aliphatic rings. The summed E-state index contributed by atoms with van der Waals surface area (Å²) in [6, 6.07) is 8.12. The zero-order chi connectivity index (χ0) is 23.4. The molecule has 9 heteroatoms. The molecule has 1 N–H and O–H groups in total. The van der Waals surface area contributed by atoms with Gasteiger partial charge in [-0.15, -0.1) is 11.6 Å². The topological polar surface area (TPSA) is 86.1 Å². The zero-order valence-corrected chi connectivity index (χ0v) is 18.8. The Morgan fingerprint density at radius 2 is 1.97 bits per heavy atom. The van der Waals surface area contributed by atoms with Crippen LogP contribution in [0.2, 0.25) is 0 Å². The van der Waals surface area contributed by atoms with Crippen molar-refractivity contribution in [3.63, 3.8) is 0 Å². The van der Waals surface area contributed by atoms with Crippen LogP contribution >= 0.6 is 11.6 Å². The quantitative estimate of drug-likeness (QED) is 0.314. The van der Waals surface area contributed by atoms with E-state index in [1.807, 2.05) is 12.1 Å². The van der Waals surface area contributed by atoms with Crippen LogP contribution in [0.25, 0.3) is 21.8 Å². The highest BCUT2D eigenvalue weighted by molar-refractivity contribution is 6.30. The van der Waals surface area contributed by atoms with Crippen molar-refractivity contribution in [1.82, 2.24) is 14.8 Å². The van der Waals surface area contributed by atoms with Crippen molar-refractivity contribution in [3.05, 3.63) is 65.2 Å². The predicted molar refractivity (Wildman–Crippen MR) is 126 cm³/mol. The lowest BCUT2D eigenvalue weighted by molar-refractivity contribution is -0.113. The van der Waals surface area contributed by atoms with Gasteiger partial charge < -0.3 is 10.1 Å². The number of alkyl halides is 1. The minimum absolute atomic E-state index is 0.109. The maximum atomic E-state index is 14.6. The molecule has 172 valence electrons. The summed E-state index contributed by atoms with van der Waals surface area (Å²) in [5, 5.41) is 8.19. The SMILES string of the molecule is O=C(CCl)Nc1c(C(=O)c2ccc(F)c3nn(C4CCO4)cc23)cc(C2CC2)c2ncccc12. The summed E-state index contributed by atoms with van der Waals surface area (Å²) in [5.74, 6) is -1.22. The number of hydrogen-bond donors (Lipinski definition) is 1. The van der Waals surface area contributed by atoms with Crippen molar-refractivity contribution < 1.29 is 18.7 Å². The molecular weight excluding hydrogens is 459 g/mol. The number of aromatic nitrogens is 3. The number of halogens is 2. The minimum atomic E-state index is -0.512. The molecule has 4 aromatic rings. The van der Waals surface area contributed by atoms with E-state index in [-0.39, 0.29) is 23.4 Å². The van der Waals surface area contributed by atoms with Gasteiger partial charge in [-0.05, 0) is 54.7 Å². The largest absolute Gasteiger partial charge is 0.356 e. The second-order valence-corrected chi connectivity index (χ2v) is 8.92. The molecule has 1 unspecified atom stereocenters. The fraction of sp³-hybridized carbons (Fsp3) is 0.280. The molecule has 0 radical (unpaired) electrons. The number of pyridine rings is 1. The Balaban J connectivity index is 1.56. The standard InChI is InChI=1S/C25H20ClFN4O3/c26-11-20(32)29-23-15-2-1-8-28-22(15)16(13-3-4-13)10-17(23)25(33)14-5-6-19(27)24-18(14)12-31(30-24)21-7-9-34-21/h1-2,5-6,8,10,12-13,21H,3-4,7,9,11H2,(H,29,32). The minimum Gasteiger partial charge on any atom is -0.356 e. The highest BCUT2D eigenvalue weighted by Crippen LogP contribution is 2.45. The van der Waals surface area contributed by atoms with E-state index in [1.165, 1.54) is 12.1 Å². The Hall–Kier alpha value is -3.36. The first-order valence-corrected chi connectivity index (χ1v) is 11.7. The second-order valence-electron chi connectivity index (χ2n) is 8.65. The molecule has 0 bridgehead atoms. The number of benzene rings is 2. The first kappa shape index (κ1) is 21.2. The maximum absolute atomic E-state index is 14.6. The molecule has 1 aliphatic heterocycles. The van der Waals surface area contributed by atoms with E-state index in [9.17, 15) is 14.0 Å². The van der Waals surface area contributed by atoms with Gasteiger partial charge in [0.1, 0.15) is 11.4 Å². The van der Waals surface area contributed by atoms with Gasteiger partial charge in [-0.1, -0.05) is 0 Å².